The monoisotopic (exact) mass is 324 g/mol. The van der Waals surface area contributed by atoms with Crippen LogP contribution in [-0.2, 0) is 6.54 Å². The molecule has 1 heterocycles. The molecule has 0 amide bonds. The summed E-state index contributed by atoms with van der Waals surface area (Å²) in [5.74, 6) is 0.910. The summed E-state index contributed by atoms with van der Waals surface area (Å²) in [4.78, 5) is 1.63. The van der Waals surface area contributed by atoms with Crippen molar-refractivity contribution in [2.75, 3.05) is 32.8 Å². The predicted molar refractivity (Wildman–Crippen MR) is 97.6 cm³/mol. The van der Waals surface area contributed by atoms with Gasteiger partial charge in [-0.25, -0.2) is 0 Å². The molecule has 2 aromatic rings. The van der Waals surface area contributed by atoms with Crippen molar-refractivity contribution in [2.45, 2.75) is 13.5 Å². The zero-order chi connectivity index (χ0) is 16.6. The summed E-state index contributed by atoms with van der Waals surface area (Å²) in [6.45, 7) is 8.09. The Kier molecular flexibility index (Phi) is 5.85. The van der Waals surface area contributed by atoms with Gasteiger partial charge >= 0.3 is 0 Å². The molecule has 0 aromatic heterocycles. The second kappa shape index (κ2) is 8.50. The lowest BCUT2D eigenvalue weighted by Gasteiger charge is -2.30. The van der Waals surface area contributed by atoms with E-state index >= 15 is 0 Å². The number of ether oxygens (including phenoxy) is 1. The van der Waals surface area contributed by atoms with Gasteiger partial charge < -0.3 is 9.64 Å². The first kappa shape index (κ1) is 16.5. The van der Waals surface area contributed by atoms with Crippen molar-refractivity contribution < 1.29 is 9.64 Å². The molecule has 1 aliphatic heterocycles. The number of nitrogens with one attached hydrogen (secondary N) is 1. The van der Waals surface area contributed by atoms with Gasteiger partial charge in [-0.05, 0) is 36.8 Å². The molecule has 1 N–H and O–H groups in total. The molecule has 3 rings (SSSR count). The third-order valence-corrected chi connectivity index (χ3v) is 4.31. The maximum absolute atomic E-state index is 5.46. The lowest BCUT2D eigenvalue weighted by atomic mass is 10.2. The molecule has 24 heavy (non-hydrogen) atoms. The molecule has 0 unspecified atom stereocenters. The number of nitrogens with zero attached hydrogens (tertiary/aromatic N) is 2. The minimum Gasteiger partial charge on any atom is -0.494 e. The van der Waals surface area contributed by atoms with Gasteiger partial charge in [0.05, 0.1) is 39.0 Å². The van der Waals surface area contributed by atoms with E-state index in [9.17, 15) is 0 Å². The molecule has 0 spiro atoms. The van der Waals surface area contributed by atoms with E-state index in [4.69, 9.17) is 4.74 Å². The Balaban J connectivity index is 1.46. The number of rotatable bonds is 6. The lowest BCUT2D eigenvalue weighted by molar-refractivity contribution is -0.918. The fraction of sp³-hybridized carbons (Fsp3) is 0.350. The molecule has 4 heteroatoms. The van der Waals surface area contributed by atoms with Crippen molar-refractivity contribution in [1.29, 1.82) is 0 Å². The summed E-state index contributed by atoms with van der Waals surface area (Å²) in [5, 5.41) is 6.80. The zero-order valence-electron chi connectivity index (χ0n) is 14.3. The highest BCUT2D eigenvalue weighted by molar-refractivity contribution is 5.79. The van der Waals surface area contributed by atoms with Crippen LogP contribution in [0.3, 0.4) is 0 Å². The molecule has 2 aromatic carbocycles. The largest absolute Gasteiger partial charge is 0.494 e. The van der Waals surface area contributed by atoms with Crippen molar-refractivity contribution >= 4 is 6.21 Å². The van der Waals surface area contributed by atoms with Gasteiger partial charge in [-0.15, -0.1) is 0 Å². The van der Waals surface area contributed by atoms with Crippen LogP contribution in [0, 0.1) is 0 Å². The first-order chi connectivity index (χ1) is 11.8. The molecule has 0 aliphatic carbocycles. The van der Waals surface area contributed by atoms with Crippen LogP contribution in [0.2, 0.25) is 0 Å². The number of hydrogen-bond donors (Lipinski definition) is 1. The van der Waals surface area contributed by atoms with Gasteiger partial charge in [-0.2, -0.15) is 5.10 Å². The smallest absolute Gasteiger partial charge is 0.119 e. The van der Waals surface area contributed by atoms with Crippen LogP contribution >= 0.6 is 0 Å². The van der Waals surface area contributed by atoms with Crippen LogP contribution in [0.25, 0.3) is 0 Å². The van der Waals surface area contributed by atoms with Crippen LogP contribution in [-0.4, -0.2) is 44.0 Å². The fourth-order valence-corrected chi connectivity index (χ4v) is 2.95. The first-order valence-electron chi connectivity index (χ1n) is 8.73. The Hall–Kier alpha value is -2.33. The average Bonchev–Trinajstić information content (AvgIpc) is 2.63. The molecule has 0 saturated carbocycles. The summed E-state index contributed by atoms with van der Waals surface area (Å²) in [6.07, 6.45) is 1.94. The standard InChI is InChI=1S/C20H25N3O/c1-2-24-20-10-8-18(9-11-20)16-21-23-14-12-22(13-15-23)17-19-6-4-3-5-7-19/h3-11,16H,2,12-15,17H2,1H3/p+1. The second-order valence-electron chi connectivity index (χ2n) is 6.11. The van der Waals surface area contributed by atoms with E-state index in [0.29, 0.717) is 6.61 Å². The SMILES string of the molecule is CCOc1ccc(C=NN2CC[NH+](Cc3ccccc3)CC2)cc1. The Bertz CT molecular complexity index is 632. The molecule has 1 saturated heterocycles. The van der Waals surface area contributed by atoms with E-state index in [-0.39, 0.29) is 0 Å². The van der Waals surface area contributed by atoms with Crippen LogP contribution < -0.4 is 9.64 Å². The number of hydrazone groups is 1. The molecule has 0 atom stereocenters. The van der Waals surface area contributed by atoms with Crippen molar-refractivity contribution in [3.63, 3.8) is 0 Å². The Morgan fingerprint density at radius 3 is 2.42 bits per heavy atom. The van der Waals surface area contributed by atoms with Crippen molar-refractivity contribution in [1.82, 2.24) is 5.01 Å². The van der Waals surface area contributed by atoms with E-state index < -0.39 is 0 Å². The quantitative estimate of drug-likeness (QED) is 0.822. The highest BCUT2D eigenvalue weighted by Crippen LogP contribution is 2.10. The Morgan fingerprint density at radius 1 is 1.04 bits per heavy atom. The Labute approximate surface area is 144 Å². The molecule has 0 bridgehead atoms. The summed E-state index contributed by atoms with van der Waals surface area (Å²) < 4.78 is 5.46. The third-order valence-electron chi connectivity index (χ3n) is 4.31. The highest BCUT2D eigenvalue weighted by Gasteiger charge is 2.18. The van der Waals surface area contributed by atoms with Crippen LogP contribution in [0.1, 0.15) is 18.1 Å². The van der Waals surface area contributed by atoms with Crippen molar-refractivity contribution in [2.24, 2.45) is 5.10 Å². The fourth-order valence-electron chi connectivity index (χ4n) is 2.95. The van der Waals surface area contributed by atoms with Gasteiger partial charge in [-0.3, -0.25) is 5.01 Å². The lowest BCUT2D eigenvalue weighted by Crippen LogP contribution is -3.13. The number of hydrogen-bond acceptors (Lipinski definition) is 3. The normalized spacial score (nSPS) is 15.8. The van der Waals surface area contributed by atoms with Crippen molar-refractivity contribution in [3.05, 3.63) is 65.7 Å². The van der Waals surface area contributed by atoms with Crippen LogP contribution in [0.15, 0.2) is 59.7 Å². The summed E-state index contributed by atoms with van der Waals surface area (Å²) >= 11 is 0. The zero-order valence-corrected chi connectivity index (χ0v) is 14.3. The van der Waals surface area contributed by atoms with Crippen LogP contribution in [0.5, 0.6) is 5.75 Å². The average molecular weight is 324 g/mol. The molecular weight excluding hydrogens is 298 g/mol. The summed E-state index contributed by atoms with van der Waals surface area (Å²) in [7, 11) is 0. The molecule has 1 fully saturated rings. The number of quaternary nitrogens is 1. The van der Waals surface area contributed by atoms with Gasteiger partial charge in [0.15, 0.2) is 0 Å². The maximum atomic E-state index is 5.46. The van der Waals surface area contributed by atoms with E-state index in [1.54, 1.807) is 4.90 Å². The minimum atomic E-state index is 0.697. The molecule has 1 aliphatic rings. The highest BCUT2D eigenvalue weighted by atomic mass is 16.5. The predicted octanol–water partition coefficient (Wildman–Crippen LogP) is 1.82. The summed E-state index contributed by atoms with van der Waals surface area (Å²) in [6, 6.07) is 18.8. The Morgan fingerprint density at radius 2 is 1.75 bits per heavy atom. The molecule has 126 valence electrons. The first-order valence-corrected chi connectivity index (χ1v) is 8.73. The third kappa shape index (κ3) is 4.83. The number of piperazine rings is 1. The van der Waals surface area contributed by atoms with E-state index in [1.807, 2.05) is 37.4 Å². The van der Waals surface area contributed by atoms with Gasteiger partial charge in [0.25, 0.3) is 0 Å². The topological polar surface area (TPSA) is 29.3 Å². The van der Waals surface area contributed by atoms with E-state index in [1.165, 1.54) is 5.56 Å². The van der Waals surface area contributed by atoms with E-state index in [2.05, 4.69) is 40.4 Å². The molecule has 0 radical (unpaired) electrons. The minimum absolute atomic E-state index is 0.697. The maximum Gasteiger partial charge on any atom is 0.119 e. The van der Waals surface area contributed by atoms with Gasteiger partial charge in [0.2, 0.25) is 0 Å². The van der Waals surface area contributed by atoms with Gasteiger partial charge in [0, 0.05) is 5.56 Å². The van der Waals surface area contributed by atoms with E-state index in [0.717, 1.165) is 44.0 Å². The summed E-state index contributed by atoms with van der Waals surface area (Å²) in [5.41, 5.74) is 2.52. The van der Waals surface area contributed by atoms with Gasteiger partial charge in [0.1, 0.15) is 12.3 Å². The van der Waals surface area contributed by atoms with Crippen LogP contribution in [0.4, 0.5) is 0 Å². The number of benzene rings is 2. The molecular formula is C20H26N3O+. The second-order valence-corrected chi connectivity index (χ2v) is 6.11. The van der Waals surface area contributed by atoms with Crippen molar-refractivity contribution in [3.8, 4) is 5.75 Å². The molecule has 4 nitrogen and oxygen atoms in total. The van der Waals surface area contributed by atoms with Gasteiger partial charge in [-0.1, -0.05) is 30.3 Å².